The van der Waals surface area contributed by atoms with Crippen molar-refractivity contribution in [1.82, 2.24) is 9.94 Å². The fourth-order valence-electron chi connectivity index (χ4n) is 2.04. The van der Waals surface area contributed by atoms with E-state index in [0.717, 1.165) is 0 Å². The topological polar surface area (TPSA) is 183 Å². The van der Waals surface area contributed by atoms with Crippen molar-refractivity contribution in [3.05, 3.63) is 17.8 Å². The summed E-state index contributed by atoms with van der Waals surface area (Å²) in [6.45, 7) is 1.62. The fourth-order valence-corrected chi connectivity index (χ4v) is 2.04. The Labute approximate surface area is 118 Å². The van der Waals surface area contributed by atoms with Gasteiger partial charge in [0.1, 0.15) is 5.52 Å². The molecule has 0 fully saturated rings. The Kier molecular flexibility index (Phi) is 3.29. The first kappa shape index (κ1) is 14.4. The molecule has 112 valence electrons. The molecule has 11 heteroatoms. The Balaban J connectivity index is 2.83. The predicted molar refractivity (Wildman–Crippen MR) is 74.2 cm³/mol. The van der Waals surface area contributed by atoms with E-state index < -0.39 is 12.1 Å². The molecule has 0 aliphatic rings. The van der Waals surface area contributed by atoms with Gasteiger partial charge in [0.2, 0.25) is 0 Å². The highest BCUT2D eigenvalue weighted by Gasteiger charge is 2.23. The van der Waals surface area contributed by atoms with E-state index in [0.29, 0.717) is 20.4 Å². The second kappa shape index (κ2) is 4.81. The number of carbonyl (C=O) groups is 2. The predicted octanol–water partition coefficient (Wildman–Crippen LogP) is -0.900. The average molecular weight is 294 g/mol. The van der Waals surface area contributed by atoms with Crippen molar-refractivity contribution < 1.29 is 14.8 Å². The fraction of sp³-hybridized carbons (Fsp3) is 0.100. The number of amides is 4. The molecule has 1 heterocycles. The molecule has 2 rings (SSSR count). The monoisotopic (exact) mass is 294 g/mol. The molecular formula is C10H14N8O3. The van der Waals surface area contributed by atoms with E-state index in [1.807, 2.05) is 0 Å². The molecule has 0 unspecified atom stereocenters. The number of nitrogens with zero attached hydrogens (tertiary/aromatic N) is 4. The third kappa shape index (κ3) is 2.15. The molecule has 0 bridgehead atoms. The lowest BCUT2D eigenvalue weighted by molar-refractivity contribution is 0.161. The molecule has 0 aliphatic carbocycles. The van der Waals surface area contributed by atoms with Gasteiger partial charge in [-0.05, 0) is 18.6 Å². The maximum Gasteiger partial charge on any atom is 0.333 e. The average Bonchev–Trinajstić information content (AvgIpc) is 2.78. The van der Waals surface area contributed by atoms with E-state index in [1.54, 1.807) is 6.92 Å². The van der Waals surface area contributed by atoms with Crippen LogP contribution in [0.15, 0.2) is 12.3 Å². The van der Waals surface area contributed by atoms with Crippen LogP contribution in [0.25, 0.3) is 10.9 Å². The Hall–Kier alpha value is -3.05. The molecule has 11 nitrogen and oxygen atoms in total. The molecule has 0 spiro atoms. The van der Waals surface area contributed by atoms with Crippen molar-refractivity contribution in [3.8, 4) is 0 Å². The van der Waals surface area contributed by atoms with Gasteiger partial charge in [0.15, 0.2) is 0 Å². The summed E-state index contributed by atoms with van der Waals surface area (Å²) in [5, 5.41) is 15.0. The van der Waals surface area contributed by atoms with Crippen LogP contribution in [0.5, 0.6) is 0 Å². The summed E-state index contributed by atoms with van der Waals surface area (Å²) in [7, 11) is 0. The van der Waals surface area contributed by atoms with Gasteiger partial charge in [-0.2, -0.15) is 0 Å². The van der Waals surface area contributed by atoms with Crippen LogP contribution < -0.4 is 33.2 Å². The summed E-state index contributed by atoms with van der Waals surface area (Å²) in [6.07, 6.45) is 1.25. The van der Waals surface area contributed by atoms with Crippen molar-refractivity contribution in [2.24, 2.45) is 23.2 Å². The Morgan fingerprint density at radius 2 is 1.81 bits per heavy atom. The highest BCUT2D eigenvalue weighted by Crippen LogP contribution is 2.35. The number of fused-ring (bicyclic) bond motifs is 1. The quantitative estimate of drug-likeness (QED) is 0.207. The summed E-state index contributed by atoms with van der Waals surface area (Å²) < 4.78 is 0. The number of hydrogen-bond acceptors (Lipinski definition) is 6. The zero-order valence-electron chi connectivity index (χ0n) is 11.0. The van der Waals surface area contributed by atoms with Gasteiger partial charge < -0.3 is 16.7 Å². The summed E-state index contributed by atoms with van der Waals surface area (Å²) in [6, 6.07) is -0.430. The maximum atomic E-state index is 11.3. The van der Waals surface area contributed by atoms with Gasteiger partial charge in [0.25, 0.3) is 0 Å². The summed E-state index contributed by atoms with van der Waals surface area (Å²) in [5.74, 6) is 11.2. The van der Waals surface area contributed by atoms with Gasteiger partial charge in [-0.25, -0.2) is 31.3 Å². The molecule has 1 aromatic carbocycles. The van der Waals surface area contributed by atoms with E-state index in [1.165, 1.54) is 12.3 Å². The van der Waals surface area contributed by atoms with Crippen LogP contribution in [0, 0.1) is 6.92 Å². The molecular weight excluding hydrogens is 280 g/mol. The number of urea groups is 2. The number of hydrogen-bond donors (Lipinski definition) is 5. The second-order valence-corrected chi connectivity index (χ2v) is 4.27. The van der Waals surface area contributed by atoms with Crippen LogP contribution >= 0.6 is 0 Å². The lowest BCUT2D eigenvalue weighted by Gasteiger charge is -2.21. The molecule has 2 aromatic rings. The van der Waals surface area contributed by atoms with Crippen LogP contribution in [0.4, 0.5) is 21.0 Å². The van der Waals surface area contributed by atoms with Crippen molar-refractivity contribution in [3.63, 3.8) is 0 Å². The van der Waals surface area contributed by atoms with E-state index in [-0.39, 0.29) is 22.3 Å². The molecule has 0 atom stereocenters. The molecule has 4 amide bonds. The molecule has 0 radical (unpaired) electrons. The van der Waals surface area contributed by atoms with Crippen molar-refractivity contribution in [2.75, 3.05) is 10.0 Å². The molecule has 0 aliphatic heterocycles. The van der Waals surface area contributed by atoms with Crippen LogP contribution in [-0.2, 0) is 0 Å². The number of carbonyl (C=O) groups excluding carboxylic acids is 2. The van der Waals surface area contributed by atoms with Crippen molar-refractivity contribution in [2.45, 2.75) is 6.92 Å². The molecule has 0 saturated heterocycles. The lowest BCUT2D eigenvalue weighted by atomic mass is 10.1. The minimum atomic E-state index is -0.941. The van der Waals surface area contributed by atoms with Gasteiger partial charge in [-0.1, -0.05) is 4.85 Å². The minimum absolute atomic E-state index is 0.0496. The van der Waals surface area contributed by atoms with E-state index >= 15 is 0 Å². The van der Waals surface area contributed by atoms with Gasteiger partial charge in [-0.3, -0.25) is 0 Å². The number of nitrogens with two attached hydrogens (primary N) is 4. The first-order chi connectivity index (χ1) is 9.75. The highest BCUT2D eigenvalue weighted by atomic mass is 16.5. The zero-order chi connectivity index (χ0) is 15.9. The number of aromatic nitrogens is 2. The molecule has 1 aromatic heterocycles. The van der Waals surface area contributed by atoms with Gasteiger partial charge in [0.05, 0.1) is 23.0 Å². The SMILES string of the molecule is Cc1cc(N(N)C(N)=O)c2c(cnn2O)c1N(N)C(N)=O. The van der Waals surface area contributed by atoms with Gasteiger partial charge >= 0.3 is 12.1 Å². The molecule has 0 saturated carbocycles. The Bertz CT molecular complexity index is 739. The number of benzene rings is 1. The number of aryl methyl sites for hydroxylation is 1. The van der Waals surface area contributed by atoms with Crippen LogP contribution in [0.2, 0.25) is 0 Å². The van der Waals surface area contributed by atoms with Crippen LogP contribution in [0.1, 0.15) is 5.56 Å². The smallest absolute Gasteiger partial charge is 0.333 e. The summed E-state index contributed by atoms with van der Waals surface area (Å²) in [4.78, 5) is 23.0. The Morgan fingerprint density at radius 3 is 2.33 bits per heavy atom. The second-order valence-electron chi connectivity index (χ2n) is 4.27. The third-order valence-electron chi connectivity index (χ3n) is 2.95. The first-order valence-electron chi connectivity index (χ1n) is 5.64. The van der Waals surface area contributed by atoms with Gasteiger partial charge in [0, 0.05) is 0 Å². The van der Waals surface area contributed by atoms with E-state index in [2.05, 4.69) is 5.10 Å². The zero-order valence-corrected chi connectivity index (χ0v) is 11.0. The normalized spacial score (nSPS) is 10.6. The van der Waals surface area contributed by atoms with Crippen molar-refractivity contribution in [1.29, 1.82) is 0 Å². The van der Waals surface area contributed by atoms with E-state index in [4.69, 9.17) is 23.2 Å². The van der Waals surface area contributed by atoms with Gasteiger partial charge in [-0.15, -0.1) is 5.10 Å². The minimum Gasteiger partial charge on any atom is -0.411 e. The largest absolute Gasteiger partial charge is 0.411 e. The standard InChI is InChI=1S/C10H14N8O3/c1-4-2-6(16(13)9(11)19)8-5(3-15-18(8)21)7(4)17(14)10(12)20/h2-3,21H,13-14H2,1H3,(H2,11,19)(H2,12,20). The molecule has 21 heavy (non-hydrogen) atoms. The summed E-state index contributed by atoms with van der Waals surface area (Å²) in [5.41, 5.74) is 11.1. The van der Waals surface area contributed by atoms with Crippen molar-refractivity contribution >= 4 is 34.3 Å². The third-order valence-corrected chi connectivity index (χ3v) is 2.95. The number of hydrazine groups is 2. The number of anilines is 2. The highest BCUT2D eigenvalue weighted by molar-refractivity contribution is 6.09. The first-order valence-corrected chi connectivity index (χ1v) is 5.64. The maximum absolute atomic E-state index is 11.3. The van der Waals surface area contributed by atoms with Crippen LogP contribution in [-0.4, -0.2) is 27.2 Å². The molecule has 9 N–H and O–H groups in total. The Morgan fingerprint density at radius 1 is 1.24 bits per heavy atom. The van der Waals surface area contributed by atoms with E-state index in [9.17, 15) is 14.8 Å². The summed E-state index contributed by atoms with van der Waals surface area (Å²) >= 11 is 0. The van der Waals surface area contributed by atoms with Crippen LogP contribution in [0.3, 0.4) is 0 Å². The number of primary amides is 2. The number of rotatable bonds is 2. The lowest BCUT2D eigenvalue weighted by Crippen LogP contribution is -2.43.